The molecule has 0 aromatic heterocycles. The Kier molecular flexibility index (Phi) is 12.0. The van der Waals surface area contributed by atoms with E-state index in [9.17, 15) is 50.2 Å². The van der Waals surface area contributed by atoms with Gasteiger partial charge in [0, 0.05) is 26.8 Å². The van der Waals surface area contributed by atoms with Crippen LogP contribution >= 0.6 is 0 Å². The summed E-state index contributed by atoms with van der Waals surface area (Å²) in [7, 11) is 3.35. The first-order chi connectivity index (χ1) is 21.0. The van der Waals surface area contributed by atoms with E-state index in [1.807, 2.05) is 0 Å². The molecule has 0 bridgehead atoms. The van der Waals surface area contributed by atoms with Gasteiger partial charge in [-0.3, -0.25) is 9.69 Å². The summed E-state index contributed by atoms with van der Waals surface area (Å²) >= 11 is 0. The van der Waals surface area contributed by atoms with Gasteiger partial charge >= 0.3 is 24.5 Å². The van der Waals surface area contributed by atoms with Crippen LogP contribution in [-0.2, 0) is 21.9 Å². The maximum Gasteiger partial charge on any atom is 0.420 e. The van der Waals surface area contributed by atoms with E-state index in [1.165, 1.54) is 7.05 Å². The third-order valence-corrected chi connectivity index (χ3v) is 5.84. The Morgan fingerprint density at radius 2 is 1.52 bits per heavy atom. The van der Waals surface area contributed by atoms with Gasteiger partial charge in [-0.15, -0.1) is 0 Å². The van der Waals surface area contributed by atoms with E-state index in [4.69, 9.17) is 9.47 Å². The summed E-state index contributed by atoms with van der Waals surface area (Å²) in [5.41, 5.74) is -5.47. The SMILES string of the molecule is CN(CC(O)CN(C=O)/N=C\N(C)c1cc(C(F)(F)F)cc(C(F)(F)F)c1OC(=O)N(C)c1ccc(F)cc1)C(=O)OC(C)(C)C. The van der Waals surface area contributed by atoms with Crippen LogP contribution in [0.4, 0.5) is 51.7 Å². The summed E-state index contributed by atoms with van der Waals surface area (Å²) in [5.74, 6) is -2.01. The lowest BCUT2D eigenvalue weighted by Crippen LogP contribution is -2.41. The van der Waals surface area contributed by atoms with Gasteiger partial charge in [-0.25, -0.2) is 19.0 Å². The van der Waals surface area contributed by atoms with Crippen LogP contribution in [-0.4, -0.2) is 85.9 Å². The molecular formula is C28H32F7N5O6. The topological polar surface area (TPSA) is 115 Å². The van der Waals surface area contributed by atoms with Crippen LogP contribution in [0.3, 0.4) is 0 Å². The highest BCUT2D eigenvalue weighted by atomic mass is 19.4. The molecule has 0 heterocycles. The van der Waals surface area contributed by atoms with Gasteiger partial charge in [-0.05, 0) is 57.2 Å². The predicted molar refractivity (Wildman–Crippen MR) is 152 cm³/mol. The number of hydrazone groups is 1. The van der Waals surface area contributed by atoms with Gasteiger partial charge in [-0.1, -0.05) is 0 Å². The van der Waals surface area contributed by atoms with Crippen molar-refractivity contribution in [1.29, 1.82) is 0 Å². The summed E-state index contributed by atoms with van der Waals surface area (Å²) < 4.78 is 107. The standard InChI is InChI=1S/C28H32F7N5O6/c1-26(2,3)46-24(43)37(4)13-20(42)14-40(16-41)36-15-38(5)22-12-17(27(30,31)32)11-21(28(33,34)35)23(22)45-25(44)39(6)19-9-7-18(29)8-10-19/h7-12,15-16,20,42H,13-14H2,1-6H3/b36-15-. The highest BCUT2D eigenvalue weighted by Gasteiger charge is 2.42. The van der Waals surface area contributed by atoms with Gasteiger partial charge in [-0.2, -0.15) is 31.4 Å². The zero-order chi connectivity index (χ0) is 35.2. The molecule has 0 saturated carbocycles. The second kappa shape index (κ2) is 14.7. The number of aliphatic hydroxyl groups excluding tert-OH is 1. The number of nitrogens with zero attached hydrogens (tertiary/aromatic N) is 5. The number of anilines is 2. The van der Waals surface area contributed by atoms with Gasteiger partial charge in [0.05, 0.1) is 30.4 Å². The predicted octanol–water partition coefficient (Wildman–Crippen LogP) is 5.56. The van der Waals surface area contributed by atoms with Gasteiger partial charge in [0.2, 0.25) is 6.41 Å². The van der Waals surface area contributed by atoms with Crippen LogP contribution in [0.2, 0.25) is 0 Å². The van der Waals surface area contributed by atoms with E-state index in [2.05, 4.69) is 5.10 Å². The zero-order valence-electron chi connectivity index (χ0n) is 25.5. The van der Waals surface area contributed by atoms with E-state index in [1.54, 1.807) is 20.8 Å². The van der Waals surface area contributed by atoms with E-state index in [-0.39, 0.29) is 30.8 Å². The minimum Gasteiger partial charge on any atom is -0.444 e. The average Bonchev–Trinajstić information content (AvgIpc) is 2.92. The van der Waals surface area contributed by atoms with Crippen LogP contribution < -0.4 is 14.5 Å². The lowest BCUT2D eigenvalue weighted by Gasteiger charge is -2.27. The quantitative estimate of drug-likeness (QED) is 0.116. The van der Waals surface area contributed by atoms with Crippen molar-refractivity contribution in [3.05, 3.63) is 53.3 Å². The molecule has 2 rings (SSSR count). The van der Waals surface area contributed by atoms with E-state index < -0.39 is 71.2 Å². The Labute approximate surface area is 259 Å². The molecule has 1 atom stereocenters. The van der Waals surface area contributed by atoms with Crippen molar-refractivity contribution >= 4 is 36.3 Å². The number of hydrogen-bond acceptors (Lipinski definition) is 7. The summed E-state index contributed by atoms with van der Waals surface area (Å²) in [5, 5.41) is 14.6. The van der Waals surface area contributed by atoms with Gasteiger partial charge in [0.15, 0.2) is 5.75 Å². The number of alkyl halides is 6. The van der Waals surface area contributed by atoms with Crippen molar-refractivity contribution in [2.24, 2.45) is 5.10 Å². The van der Waals surface area contributed by atoms with Crippen molar-refractivity contribution in [2.45, 2.75) is 44.8 Å². The number of carbonyl (C=O) groups excluding carboxylic acids is 3. The third kappa shape index (κ3) is 10.8. The summed E-state index contributed by atoms with van der Waals surface area (Å²) in [6.45, 7) is 3.96. The van der Waals surface area contributed by atoms with Crippen LogP contribution in [0.1, 0.15) is 31.9 Å². The Hall–Kier alpha value is -4.61. The van der Waals surface area contributed by atoms with Crippen LogP contribution in [0.25, 0.3) is 0 Å². The Morgan fingerprint density at radius 3 is 2.02 bits per heavy atom. The van der Waals surface area contributed by atoms with Crippen LogP contribution in [0.15, 0.2) is 41.5 Å². The Balaban J connectivity index is 2.44. The molecule has 1 N–H and O–H groups in total. The number of halogens is 7. The van der Waals surface area contributed by atoms with Crippen molar-refractivity contribution in [1.82, 2.24) is 9.91 Å². The van der Waals surface area contributed by atoms with Crippen LogP contribution in [0.5, 0.6) is 5.75 Å². The molecule has 254 valence electrons. The fourth-order valence-corrected chi connectivity index (χ4v) is 3.61. The molecule has 0 fully saturated rings. The molecule has 1 unspecified atom stereocenters. The molecule has 2 aromatic carbocycles. The number of ether oxygens (including phenoxy) is 2. The summed E-state index contributed by atoms with van der Waals surface area (Å²) in [6.07, 6.45) is -13.6. The van der Waals surface area contributed by atoms with E-state index in [0.717, 1.165) is 43.3 Å². The highest BCUT2D eigenvalue weighted by molar-refractivity contribution is 5.91. The first-order valence-corrected chi connectivity index (χ1v) is 13.2. The minimum atomic E-state index is -5.45. The molecule has 3 amide bonds. The zero-order valence-corrected chi connectivity index (χ0v) is 25.5. The Bertz CT molecular complexity index is 1410. The number of amides is 3. The molecule has 11 nitrogen and oxygen atoms in total. The second-order valence-electron chi connectivity index (χ2n) is 10.9. The van der Waals surface area contributed by atoms with Gasteiger partial charge in [0.1, 0.15) is 23.3 Å². The lowest BCUT2D eigenvalue weighted by molar-refractivity contribution is -0.143. The van der Waals surface area contributed by atoms with Crippen LogP contribution in [0, 0.1) is 5.82 Å². The minimum absolute atomic E-state index is 0.0131. The maximum atomic E-state index is 14.1. The van der Waals surface area contributed by atoms with E-state index in [0.29, 0.717) is 21.1 Å². The second-order valence-corrected chi connectivity index (χ2v) is 10.9. The summed E-state index contributed by atoms with van der Waals surface area (Å²) in [6, 6.07) is 4.18. The number of benzene rings is 2. The van der Waals surface area contributed by atoms with Crippen molar-refractivity contribution in [3.8, 4) is 5.75 Å². The molecule has 0 radical (unpaired) electrons. The molecule has 2 aromatic rings. The van der Waals surface area contributed by atoms with Gasteiger partial charge < -0.3 is 24.4 Å². The first-order valence-electron chi connectivity index (χ1n) is 13.2. The van der Waals surface area contributed by atoms with E-state index >= 15 is 0 Å². The van der Waals surface area contributed by atoms with Crippen molar-refractivity contribution in [3.63, 3.8) is 0 Å². The molecule has 18 heteroatoms. The molecule has 0 aliphatic rings. The lowest BCUT2D eigenvalue weighted by atomic mass is 10.1. The maximum absolute atomic E-state index is 14.1. The number of hydrogen-bond donors (Lipinski definition) is 1. The fraction of sp³-hybridized carbons (Fsp3) is 0.429. The van der Waals surface area contributed by atoms with Crippen molar-refractivity contribution < 1.29 is 59.7 Å². The molecule has 46 heavy (non-hydrogen) atoms. The van der Waals surface area contributed by atoms with Crippen molar-refractivity contribution in [2.75, 3.05) is 44.0 Å². The normalized spacial score (nSPS) is 12.8. The summed E-state index contributed by atoms with van der Waals surface area (Å²) in [4.78, 5) is 38.9. The smallest absolute Gasteiger partial charge is 0.420 e. The van der Waals surface area contributed by atoms with Gasteiger partial charge in [0.25, 0.3) is 0 Å². The highest BCUT2D eigenvalue weighted by Crippen LogP contribution is 2.46. The monoisotopic (exact) mass is 667 g/mol. The molecule has 0 aliphatic carbocycles. The number of carbonyl (C=O) groups is 3. The third-order valence-electron chi connectivity index (χ3n) is 5.84. The number of likely N-dealkylation sites (N-methyl/N-ethyl adjacent to an activating group) is 1. The number of rotatable bonds is 10. The average molecular weight is 668 g/mol. The fourth-order valence-electron chi connectivity index (χ4n) is 3.61. The molecule has 0 saturated heterocycles. The first kappa shape index (κ1) is 37.6. The molecular weight excluding hydrogens is 635 g/mol. The largest absolute Gasteiger partial charge is 0.444 e. The molecule has 0 spiro atoms. The number of aliphatic hydroxyl groups is 1. The molecule has 0 aliphatic heterocycles. The Morgan fingerprint density at radius 1 is 0.935 bits per heavy atom.